The molecule has 1 aromatic carbocycles. The Morgan fingerprint density at radius 1 is 1.21 bits per heavy atom. The molecule has 2 N–H and O–H groups in total. The molecule has 33 heavy (non-hydrogen) atoms. The monoisotopic (exact) mass is 470 g/mol. The zero-order valence-electron chi connectivity index (χ0n) is 20.1. The Morgan fingerprint density at radius 2 is 1.91 bits per heavy atom. The molecule has 2 atom stereocenters. The van der Waals surface area contributed by atoms with Crippen LogP contribution in [0.2, 0.25) is 0 Å². The number of nitrogens with zero attached hydrogens (tertiary/aromatic N) is 2. The second-order valence-corrected chi connectivity index (χ2v) is 10.4. The molecule has 0 bridgehead atoms. The van der Waals surface area contributed by atoms with Crippen LogP contribution in [0, 0.1) is 12.3 Å². The highest BCUT2D eigenvalue weighted by Crippen LogP contribution is 2.28. The van der Waals surface area contributed by atoms with Crippen LogP contribution < -0.4 is 10.6 Å². The number of thiazole rings is 1. The van der Waals surface area contributed by atoms with E-state index in [0.29, 0.717) is 25.9 Å². The number of hydrogen-bond donors (Lipinski definition) is 2. The van der Waals surface area contributed by atoms with Crippen LogP contribution in [-0.2, 0) is 20.9 Å². The molecule has 1 fully saturated rings. The Hall–Kier alpha value is -2.74. The van der Waals surface area contributed by atoms with Gasteiger partial charge >= 0.3 is 0 Å². The van der Waals surface area contributed by atoms with E-state index in [2.05, 4.69) is 15.6 Å². The third kappa shape index (κ3) is 5.99. The summed E-state index contributed by atoms with van der Waals surface area (Å²) in [6.45, 7) is 10.4. The quantitative estimate of drug-likeness (QED) is 0.646. The molecular formula is C25H34N4O3S. The van der Waals surface area contributed by atoms with Crippen molar-refractivity contribution in [3.63, 3.8) is 0 Å². The van der Waals surface area contributed by atoms with Crippen LogP contribution in [0.15, 0.2) is 29.8 Å². The molecule has 2 aromatic rings. The summed E-state index contributed by atoms with van der Waals surface area (Å²) in [5, 5.41) is 5.85. The van der Waals surface area contributed by atoms with E-state index in [-0.39, 0.29) is 17.7 Å². The Labute approximate surface area is 200 Å². The highest BCUT2D eigenvalue weighted by atomic mass is 32.1. The molecule has 7 nitrogen and oxygen atoms in total. The summed E-state index contributed by atoms with van der Waals surface area (Å²) in [5.41, 5.74) is 4.50. The van der Waals surface area contributed by atoms with E-state index in [4.69, 9.17) is 0 Å². The predicted molar refractivity (Wildman–Crippen MR) is 131 cm³/mol. The van der Waals surface area contributed by atoms with Crippen LogP contribution in [0.4, 0.5) is 0 Å². The van der Waals surface area contributed by atoms with Gasteiger partial charge < -0.3 is 15.5 Å². The molecule has 1 unspecified atom stereocenters. The number of aryl methyl sites for hydroxylation is 1. The van der Waals surface area contributed by atoms with Gasteiger partial charge in [-0.1, -0.05) is 52.0 Å². The van der Waals surface area contributed by atoms with E-state index >= 15 is 0 Å². The van der Waals surface area contributed by atoms with Crippen molar-refractivity contribution in [1.29, 1.82) is 0 Å². The van der Waals surface area contributed by atoms with E-state index in [1.807, 2.05) is 57.5 Å². The first-order chi connectivity index (χ1) is 15.6. The topological polar surface area (TPSA) is 91.4 Å². The van der Waals surface area contributed by atoms with Gasteiger partial charge in [0, 0.05) is 19.5 Å². The lowest BCUT2D eigenvalue weighted by Gasteiger charge is -2.35. The van der Waals surface area contributed by atoms with Crippen molar-refractivity contribution >= 4 is 29.1 Å². The fourth-order valence-electron chi connectivity index (χ4n) is 4.04. The maximum Gasteiger partial charge on any atom is 0.246 e. The first kappa shape index (κ1) is 24.9. The van der Waals surface area contributed by atoms with Crippen LogP contribution in [0.25, 0.3) is 10.4 Å². The SMILES string of the molecule is CCC(=O)N[C@H](C(=O)N1CCCC1C(=O)NCc1ccc(-c2scnc2C)cc1)C(C)(C)C. The molecule has 8 heteroatoms. The average molecular weight is 471 g/mol. The van der Waals surface area contributed by atoms with Crippen LogP contribution in [0.5, 0.6) is 0 Å². The smallest absolute Gasteiger partial charge is 0.246 e. The van der Waals surface area contributed by atoms with Gasteiger partial charge in [0.05, 0.1) is 16.1 Å². The summed E-state index contributed by atoms with van der Waals surface area (Å²) in [6.07, 6.45) is 1.70. The van der Waals surface area contributed by atoms with Gasteiger partial charge in [-0.3, -0.25) is 14.4 Å². The van der Waals surface area contributed by atoms with E-state index < -0.39 is 17.5 Å². The average Bonchev–Trinajstić information content (AvgIpc) is 3.44. The number of nitrogens with one attached hydrogen (secondary N) is 2. The third-order valence-electron chi connectivity index (χ3n) is 6.01. The number of hydrogen-bond acceptors (Lipinski definition) is 5. The van der Waals surface area contributed by atoms with Crippen molar-refractivity contribution in [3.8, 4) is 10.4 Å². The fourth-order valence-corrected chi connectivity index (χ4v) is 4.85. The van der Waals surface area contributed by atoms with Crippen LogP contribution >= 0.6 is 11.3 Å². The highest BCUT2D eigenvalue weighted by Gasteiger charge is 2.41. The van der Waals surface area contributed by atoms with Gasteiger partial charge in [0.15, 0.2) is 0 Å². The van der Waals surface area contributed by atoms with Gasteiger partial charge in [0.2, 0.25) is 17.7 Å². The lowest BCUT2D eigenvalue weighted by Crippen LogP contribution is -2.57. The first-order valence-electron chi connectivity index (χ1n) is 11.5. The third-order valence-corrected chi connectivity index (χ3v) is 6.98. The zero-order valence-corrected chi connectivity index (χ0v) is 20.9. The summed E-state index contributed by atoms with van der Waals surface area (Å²) < 4.78 is 0. The largest absolute Gasteiger partial charge is 0.350 e. The molecule has 1 aliphatic heterocycles. The Morgan fingerprint density at radius 3 is 2.48 bits per heavy atom. The van der Waals surface area contributed by atoms with Gasteiger partial charge in [-0.15, -0.1) is 11.3 Å². The number of rotatable bonds is 7. The second-order valence-electron chi connectivity index (χ2n) is 9.59. The summed E-state index contributed by atoms with van der Waals surface area (Å²) >= 11 is 1.61. The maximum atomic E-state index is 13.3. The van der Waals surface area contributed by atoms with E-state index in [1.54, 1.807) is 23.2 Å². The number of carbonyl (C=O) groups excluding carboxylic acids is 3. The van der Waals surface area contributed by atoms with Crippen molar-refractivity contribution < 1.29 is 14.4 Å². The van der Waals surface area contributed by atoms with Gasteiger partial charge in [-0.05, 0) is 36.3 Å². The fraction of sp³-hybridized carbons (Fsp3) is 0.520. The minimum Gasteiger partial charge on any atom is -0.350 e. The van der Waals surface area contributed by atoms with Crippen molar-refractivity contribution in [1.82, 2.24) is 20.5 Å². The number of likely N-dealkylation sites (tertiary alicyclic amines) is 1. The second kappa shape index (κ2) is 10.5. The molecule has 178 valence electrons. The minimum absolute atomic E-state index is 0.155. The molecule has 3 amide bonds. The standard InChI is InChI=1S/C25H34N4O3S/c1-6-20(30)28-22(25(3,4)5)24(32)29-13-7-8-19(29)23(31)26-14-17-9-11-18(12-10-17)21-16(2)27-15-33-21/h9-12,15,19,22H,6-8,13-14H2,1-5H3,(H,26,31)(H,28,30)/t19?,22-/m1/s1. The van der Waals surface area contributed by atoms with Crippen molar-refractivity contribution in [2.75, 3.05) is 6.54 Å². The van der Waals surface area contributed by atoms with E-state index in [0.717, 1.165) is 28.1 Å². The van der Waals surface area contributed by atoms with Crippen LogP contribution in [-0.4, -0.2) is 46.2 Å². The van der Waals surface area contributed by atoms with E-state index in [9.17, 15) is 14.4 Å². The number of aromatic nitrogens is 1. The van der Waals surface area contributed by atoms with Crippen LogP contribution in [0.3, 0.4) is 0 Å². The number of carbonyl (C=O) groups is 3. The molecule has 0 spiro atoms. The number of amides is 3. The van der Waals surface area contributed by atoms with E-state index in [1.165, 1.54) is 0 Å². The van der Waals surface area contributed by atoms with Crippen molar-refractivity contribution in [3.05, 3.63) is 41.0 Å². The minimum atomic E-state index is -0.666. The van der Waals surface area contributed by atoms with Crippen molar-refractivity contribution in [2.24, 2.45) is 5.41 Å². The summed E-state index contributed by atoms with van der Waals surface area (Å²) in [7, 11) is 0. The normalized spacial score (nSPS) is 17.0. The molecular weight excluding hydrogens is 436 g/mol. The molecule has 1 saturated heterocycles. The molecule has 3 rings (SSSR count). The lowest BCUT2D eigenvalue weighted by atomic mass is 9.85. The van der Waals surface area contributed by atoms with Gasteiger partial charge in [-0.2, -0.15) is 0 Å². The van der Waals surface area contributed by atoms with Crippen LogP contribution in [0.1, 0.15) is 58.2 Å². The predicted octanol–water partition coefficient (Wildman–Crippen LogP) is 3.67. The highest BCUT2D eigenvalue weighted by molar-refractivity contribution is 7.13. The zero-order chi connectivity index (χ0) is 24.2. The maximum absolute atomic E-state index is 13.3. The Balaban J connectivity index is 1.63. The lowest BCUT2D eigenvalue weighted by molar-refractivity contribution is -0.143. The summed E-state index contributed by atoms with van der Waals surface area (Å²) in [5.74, 6) is -0.510. The Kier molecular flexibility index (Phi) is 7.89. The summed E-state index contributed by atoms with van der Waals surface area (Å²) in [6, 6.07) is 6.90. The molecule has 0 saturated carbocycles. The molecule has 0 aliphatic carbocycles. The number of benzene rings is 1. The van der Waals surface area contributed by atoms with Gasteiger partial charge in [0.1, 0.15) is 12.1 Å². The van der Waals surface area contributed by atoms with Gasteiger partial charge in [-0.25, -0.2) is 4.98 Å². The molecule has 2 heterocycles. The molecule has 1 aliphatic rings. The van der Waals surface area contributed by atoms with Gasteiger partial charge in [0.25, 0.3) is 0 Å². The molecule has 1 aromatic heterocycles. The Bertz CT molecular complexity index is 994. The van der Waals surface area contributed by atoms with Crippen molar-refractivity contribution in [2.45, 2.75) is 72.5 Å². The summed E-state index contributed by atoms with van der Waals surface area (Å²) in [4.78, 5) is 45.4. The first-order valence-corrected chi connectivity index (χ1v) is 12.4. The molecule has 0 radical (unpaired) electrons.